The number of carboxylic acid groups (broad SMARTS) is 1. The monoisotopic (exact) mass is 265 g/mol. The van der Waals surface area contributed by atoms with E-state index in [0.29, 0.717) is 12.8 Å². The van der Waals surface area contributed by atoms with Gasteiger partial charge >= 0.3 is 5.97 Å². The molecule has 1 aromatic heterocycles. The number of hydrogen-bond acceptors (Lipinski definition) is 4. The molecule has 1 fully saturated rings. The Morgan fingerprint density at radius 2 is 2.00 bits per heavy atom. The molecule has 0 aromatic carbocycles. The van der Waals surface area contributed by atoms with Crippen LogP contribution in [0.1, 0.15) is 36.2 Å². The lowest BCUT2D eigenvalue weighted by atomic mass is 9.97. The van der Waals surface area contributed by atoms with Gasteiger partial charge in [-0.3, -0.25) is 9.59 Å². The topological polar surface area (TPSA) is 101 Å². The molecule has 0 radical (unpaired) electrons. The van der Waals surface area contributed by atoms with E-state index in [-0.39, 0.29) is 11.3 Å². The maximum absolute atomic E-state index is 12.0. The molecule has 1 aromatic rings. The van der Waals surface area contributed by atoms with Gasteiger partial charge < -0.3 is 10.4 Å². The van der Waals surface area contributed by atoms with Gasteiger partial charge in [-0.2, -0.15) is 5.10 Å². The lowest BCUT2D eigenvalue weighted by molar-refractivity contribution is -0.144. The maximum Gasteiger partial charge on any atom is 0.329 e. The van der Waals surface area contributed by atoms with Crippen molar-refractivity contribution in [3.63, 3.8) is 0 Å². The Balaban J connectivity index is 2.22. The molecular formula is C12H15N3O4. The minimum absolute atomic E-state index is 0.0367. The largest absolute Gasteiger partial charge is 0.480 e. The molecule has 0 atom stereocenters. The van der Waals surface area contributed by atoms with Crippen LogP contribution in [0.15, 0.2) is 16.9 Å². The Bertz CT molecular complexity index is 573. The van der Waals surface area contributed by atoms with E-state index in [1.165, 1.54) is 19.2 Å². The quantitative estimate of drug-likeness (QED) is 0.795. The van der Waals surface area contributed by atoms with E-state index in [0.717, 1.165) is 17.5 Å². The summed E-state index contributed by atoms with van der Waals surface area (Å²) >= 11 is 0. The summed E-state index contributed by atoms with van der Waals surface area (Å²) in [6, 6.07) is 2.52. The first-order valence-electron chi connectivity index (χ1n) is 6.05. The van der Waals surface area contributed by atoms with Crippen LogP contribution in [0.5, 0.6) is 0 Å². The molecule has 0 aliphatic heterocycles. The molecule has 102 valence electrons. The van der Waals surface area contributed by atoms with Crippen molar-refractivity contribution in [2.24, 2.45) is 7.05 Å². The van der Waals surface area contributed by atoms with Crippen molar-refractivity contribution in [1.82, 2.24) is 15.1 Å². The first-order valence-corrected chi connectivity index (χ1v) is 6.05. The van der Waals surface area contributed by atoms with E-state index in [9.17, 15) is 19.5 Å². The Kier molecular flexibility index (Phi) is 3.37. The van der Waals surface area contributed by atoms with Crippen LogP contribution < -0.4 is 10.9 Å². The summed E-state index contributed by atoms with van der Waals surface area (Å²) in [6.07, 6.45) is 2.38. The molecule has 2 N–H and O–H groups in total. The minimum atomic E-state index is -1.20. The summed E-state index contributed by atoms with van der Waals surface area (Å²) in [5.41, 5.74) is -1.49. The van der Waals surface area contributed by atoms with Gasteiger partial charge in [0.05, 0.1) is 0 Å². The van der Waals surface area contributed by atoms with Crippen molar-refractivity contribution < 1.29 is 14.7 Å². The zero-order chi connectivity index (χ0) is 14.0. The Hall–Kier alpha value is -2.18. The van der Waals surface area contributed by atoms with Crippen LogP contribution in [-0.4, -0.2) is 32.3 Å². The average molecular weight is 265 g/mol. The average Bonchev–Trinajstić information content (AvgIpc) is 2.82. The zero-order valence-electron chi connectivity index (χ0n) is 10.5. The molecule has 0 saturated heterocycles. The molecular weight excluding hydrogens is 250 g/mol. The molecule has 1 aliphatic rings. The van der Waals surface area contributed by atoms with Crippen molar-refractivity contribution in [3.8, 4) is 0 Å². The second kappa shape index (κ2) is 4.83. The van der Waals surface area contributed by atoms with Gasteiger partial charge in [0.15, 0.2) is 0 Å². The van der Waals surface area contributed by atoms with E-state index in [1.807, 2.05) is 0 Å². The number of rotatable bonds is 3. The van der Waals surface area contributed by atoms with Crippen LogP contribution in [0, 0.1) is 0 Å². The second-order valence-corrected chi connectivity index (χ2v) is 4.73. The van der Waals surface area contributed by atoms with Crippen molar-refractivity contribution in [2.45, 2.75) is 31.2 Å². The van der Waals surface area contributed by atoms with Crippen molar-refractivity contribution >= 4 is 11.9 Å². The van der Waals surface area contributed by atoms with Crippen LogP contribution in [0.3, 0.4) is 0 Å². The van der Waals surface area contributed by atoms with Gasteiger partial charge in [0, 0.05) is 13.1 Å². The number of nitrogens with zero attached hydrogens (tertiary/aromatic N) is 2. The van der Waals surface area contributed by atoms with Gasteiger partial charge in [-0.05, 0) is 18.9 Å². The van der Waals surface area contributed by atoms with Gasteiger partial charge in [0.25, 0.3) is 11.5 Å². The molecule has 7 nitrogen and oxygen atoms in total. The third-order valence-corrected chi connectivity index (χ3v) is 3.41. The summed E-state index contributed by atoms with van der Waals surface area (Å²) in [5, 5.41) is 15.6. The molecule has 1 amide bonds. The number of nitrogens with one attached hydrogen (secondary N) is 1. The van der Waals surface area contributed by atoms with Crippen LogP contribution >= 0.6 is 0 Å². The summed E-state index contributed by atoms with van der Waals surface area (Å²) in [6.45, 7) is 0. The zero-order valence-corrected chi connectivity index (χ0v) is 10.5. The number of carboxylic acids is 1. The van der Waals surface area contributed by atoms with Crippen LogP contribution in [-0.2, 0) is 11.8 Å². The highest BCUT2D eigenvalue weighted by molar-refractivity contribution is 5.96. The lowest BCUT2D eigenvalue weighted by Crippen LogP contribution is -2.52. The summed E-state index contributed by atoms with van der Waals surface area (Å²) in [5.74, 6) is -1.59. The molecule has 0 spiro atoms. The highest BCUT2D eigenvalue weighted by atomic mass is 16.4. The lowest BCUT2D eigenvalue weighted by Gasteiger charge is -2.24. The number of aryl methyl sites for hydroxylation is 1. The third-order valence-electron chi connectivity index (χ3n) is 3.41. The number of amides is 1. The number of aliphatic carboxylic acids is 1. The van der Waals surface area contributed by atoms with Gasteiger partial charge in [-0.25, -0.2) is 9.48 Å². The molecule has 7 heteroatoms. The van der Waals surface area contributed by atoms with Crippen LogP contribution in [0.4, 0.5) is 0 Å². The van der Waals surface area contributed by atoms with E-state index in [2.05, 4.69) is 10.4 Å². The fourth-order valence-corrected chi connectivity index (χ4v) is 2.28. The molecule has 1 heterocycles. The highest BCUT2D eigenvalue weighted by Crippen LogP contribution is 2.30. The standard InChI is InChI=1S/C12H15N3O4/c1-15-9(16)5-4-8(14-15)10(17)13-12(11(18)19)6-2-3-7-12/h4-5H,2-3,6-7H2,1H3,(H,13,17)(H,18,19). The van der Waals surface area contributed by atoms with Gasteiger partial charge in [-0.15, -0.1) is 0 Å². The van der Waals surface area contributed by atoms with E-state index in [4.69, 9.17) is 0 Å². The predicted octanol–water partition coefficient (Wildman–Crippen LogP) is -0.0925. The van der Waals surface area contributed by atoms with E-state index in [1.54, 1.807) is 0 Å². The second-order valence-electron chi connectivity index (χ2n) is 4.73. The normalized spacial score (nSPS) is 17.1. The molecule has 19 heavy (non-hydrogen) atoms. The fraction of sp³-hybridized carbons (Fsp3) is 0.500. The Morgan fingerprint density at radius 1 is 1.37 bits per heavy atom. The smallest absolute Gasteiger partial charge is 0.329 e. The van der Waals surface area contributed by atoms with Crippen molar-refractivity contribution in [2.75, 3.05) is 0 Å². The number of carbonyl (C=O) groups is 2. The molecule has 1 aliphatic carbocycles. The first kappa shape index (κ1) is 13.3. The van der Waals surface area contributed by atoms with E-state index < -0.39 is 17.4 Å². The maximum atomic E-state index is 12.0. The molecule has 1 saturated carbocycles. The number of carbonyl (C=O) groups excluding carboxylic acids is 1. The number of aromatic nitrogens is 2. The summed E-state index contributed by atoms with van der Waals surface area (Å²) in [7, 11) is 1.43. The molecule has 0 unspecified atom stereocenters. The van der Waals surface area contributed by atoms with Crippen molar-refractivity contribution in [1.29, 1.82) is 0 Å². The highest BCUT2D eigenvalue weighted by Gasteiger charge is 2.42. The van der Waals surface area contributed by atoms with Gasteiger partial charge in [-0.1, -0.05) is 12.8 Å². The molecule has 0 bridgehead atoms. The minimum Gasteiger partial charge on any atom is -0.480 e. The van der Waals surface area contributed by atoms with Gasteiger partial charge in [0.1, 0.15) is 11.2 Å². The SMILES string of the molecule is Cn1nc(C(=O)NC2(C(=O)O)CCCC2)ccc1=O. The Morgan fingerprint density at radius 3 is 2.53 bits per heavy atom. The molecule has 2 rings (SSSR count). The van der Waals surface area contributed by atoms with Crippen LogP contribution in [0.25, 0.3) is 0 Å². The Labute approximate surface area is 109 Å². The number of hydrogen-bond donors (Lipinski definition) is 2. The van der Waals surface area contributed by atoms with Gasteiger partial charge in [0.2, 0.25) is 0 Å². The summed E-state index contributed by atoms with van der Waals surface area (Å²) < 4.78 is 1.04. The summed E-state index contributed by atoms with van der Waals surface area (Å²) in [4.78, 5) is 34.5. The first-order chi connectivity index (χ1) is 8.94. The fourth-order valence-electron chi connectivity index (χ4n) is 2.28. The van der Waals surface area contributed by atoms with Crippen LogP contribution in [0.2, 0.25) is 0 Å². The van der Waals surface area contributed by atoms with E-state index >= 15 is 0 Å². The predicted molar refractivity (Wildman–Crippen MR) is 65.8 cm³/mol. The van der Waals surface area contributed by atoms with Crippen molar-refractivity contribution in [3.05, 3.63) is 28.2 Å². The third kappa shape index (κ3) is 2.49.